The minimum absolute atomic E-state index is 0.000151. The molecule has 0 radical (unpaired) electrons. The Hall–Kier alpha value is -3.35. The maximum Gasteiger partial charge on any atom is 0.407 e. The molecule has 7 nitrogen and oxygen atoms in total. The molecule has 1 saturated carbocycles. The fourth-order valence-electron chi connectivity index (χ4n) is 4.83. The second-order valence-electron chi connectivity index (χ2n) is 9.58. The van der Waals surface area contributed by atoms with Gasteiger partial charge in [-0.15, -0.1) is 0 Å². The number of carboxylic acids is 1. The minimum atomic E-state index is -0.794. The van der Waals surface area contributed by atoms with Crippen LogP contribution in [-0.2, 0) is 14.3 Å². The Kier molecular flexibility index (Phi) is 8.40. The van der Waals surface area contributed by atoms with E-state index in [4.69, 9.17) is 9.84 Å². The van der Waals surface area contributed by atoms with Gasteiger partial charge in [-0.05, 0) is 47.4 Å². The van der Waals surface area contributed by atoms with Gasteiger partial charge in [-0.25, -0.2) is 4.79 Å². The summed E-state index contributed by atoms with van der Waals surface area (Å²) in [5.74, 6) is -0.598. The molecule has 0 bridgehead atoms. The van der Waals surface area contributed by atoms with E-state index in [1.165, 1.54) is 11.1 Å². The van der Waals surface area contributed by atoms with E-state index >= 15 is 0 Å². The summed E-state index contributed by atoms with van der Waals surface area (Å²) in [5.41, 5.74) is 4.69. The van der Waals surface area contributed by atoms with Gasteiger partial charge in [-0.2, -0.15) is 0 Å². The molecule has 7 heteroatoms. The molecule has 2 aliphatic carbocycles. The standard InChI is InChI=1S/C28H34N2O5/c31-26(32)12-2-1-7-15-29-27(33)20(16-19-13-14-19)17-30-28(34)35-18-25-23-10-5-3-8-21(23)22-9-4-6-11-24(22)25/h3-6,8-11,19-20,25H,1-2,7,12-18H2,(H,29,33)(H,30,34)(H,31,32). The van der Waals surface area contributed by atoms with Gasteiger partial charge in [-0.3, -0.25) is 9.59 Å². The zero-order valence-corrected chi connectivity index (χ0v) is 20.0. The Morgan fingerprint density at radius 1 is 0.914 bits per heavy atom. The highest BCUT2D eigenvalue weighted by Crippen LogP contribution is 2.44. The van der Waals surface area contributed by atoms with Gasteiger partial charge in [0.2, 0.25) is 5.91 Å². The number of carbonyl (C=O) groups excluding carboxylic acids is 2. The topological polar surface area (TPSA) is 105 Å². The normalized spacial score (nSPS) is 15.1. The van der Waals surface area contributed by atoms with Gasteiger partial charge in [0, 0.05) is 25.4 Å². The molecule has 2 amide bonds. The highest BCUT2D eigenvalue weighted by molar-refractivity contribution is 5.80. The van der Waals surface area contributed by atoms with E-state index in [9.17, 15) is 14.4 Å². The van der Waals surface area contributed by atoms with Crippen molar-refractivity contribution in [3.8, 4) is 11.1 Å². The first-order chi connectivity index (χ1) is 17.0. The van der Waals surface area contributed by atoms with Crippen molar-refractivity contribution in [1.82, 2.24) is 10.6 Å². The molecule has 2 aliphatic rings. The lowest BCUT2D eigenvalue weighted by Crippen LogP contribution is -2.40. The number of ether oxygens (including phenoxy) is 1. The summed E-state index contributed by atoms with van der Waals surface area (Å²) in [5, 5.41) is 14.4. The van der Waals surface area contributed by atoms with Gasteiger partial charge < -0.3 is 20.5 Å². The molecule has 186 valence electrons. The highest BCUT2D eigenvalue weighted by atomic mass is 16.5. The first kappa shape index (κ1) is 24.8. The molecule has 1 unspecified atom stereocenters. The van der Waals surface area contributed by atoms with Crippen LogP contribution in [0.5, 0.6) is 0 Å². The molecule has 35 heavy (non-hydrogen) atoms. The Balaban J connectivity index is 1.24. The van der Waals surface area contributed by atoms with Gasteiger partial charge in [-0.1, -0.05) is 67.8 Å². The lowest BCUT2D eigenvalue weighted by molar-refractivity contribution is -0.137. The van der Waals surface area contributed by atoms with Crippen LogP contribution in [0.15, 0.2) is 48.5 Å². The lowest BCUT2D eigenvalue weighted by atomic mass is 9.98. The van der Waals surface area contributed by atoms with Gasteiger partial charge >= 0.3 is 12.1 Å². The van der Waals surface area contributed by atoms with Crippen molar-refractivity contribution in [3.63, 3.8) is 0 Å². The van der Waals surface area contributed by atoms with Crippen LogP contribution in [0.25, 0.3) is 11.1 Å². The third kappa shape index (κ3) is 6.84. The molecule has 3 N–H and O–H groups in total. The van der Waals surface area contributed by atoms with Crippen molar-refractivity contribution in [2.75, 3.05) is 19.7 Å². The molecule has 2 aromatic carbocycles. The molecule has 1 atom stereocenters. The summed E-state index contributed by atoms with van der Waals surface area (Å²) >= 11 is 0. The van der Waals surface area contributed by atoms with Crippen molar-refractivity contribution in [2.45, 2.75) is 50.9 Å². The largest absolute Gasteiger partial charge is 0.481 e. The van der Waals surface area contributed by atoms with Crippen molar-refractivity contribution < 1.29 is 24.2 Å². The molecule has 1 fully saturated rings. The number of carboxylic acid groups (broad SMARTS) is 1. The van der Waals surface area contributed by atoms with Crippen molar-refractivity contribution in [3.05, 3.63) is 59.7 Å². The summed E-state index contributed by atoms with van der Waals surface area (Å²) in [6, 6.07) is 16.4. The molecule has 0 saturated heterocycles. The number of fused-ring (bicyclic) bond motifs is 3. The first-order valence-electron chi connectivity index (χ1n) is 12.6. The van der Waals surface area contributed by atoms with Crippen molar-refractivity contribution >= 4 is 18.0 Å². The molecule has 0 spiro atoms. The van der Waals surface area contributed by atoms with Gasteiger partial charge in [0.25, 0.3) is 0 Å². The number of hydrogen-bond donors (Lipinski definition) is 3. The highest BCUT2D eigenvalue weighted by Gasteiger charge is 2.31. The van der Waals surface area contributed by atoms with Gasteiger partial charge in [0.15, 0.2) is 0 Å². The predicted molar refractivity (Wildman–Crippen MR) is 133 cm³/mol. The van der Waals surface area contributed by atoms with Crippen LogP contribution in [0, 0.1) is 11.8 Å². The maximum atomic E-state index is 12.7. The van der Waals surface area contributed by atoms with Crippen LogP contribution in [0.2, 0.25) is 0 Å². The zero-order chi connectivity index (χ0) is 24.6. The number of nitrogens with one attached hydrogen (secondary N) is 2. The summed E-state index contributed by atoms with van der Waals surface area (Å²) in [4.78, 5) is 35.8. The molecular weight excluding hydrogens is 444 g/mol. The Morgan fingerprint density at radius 3 is 2.20 bits per heavy atom. The smallest absolute Gasteiger partial charge is 0.407 e. The second-order valence-corrected chi connectivity index (χ2v) is 9.58. The molecule has 0 aliphatic heterocycles. The molecule has 2 aromatic rings. The van der Waals surface area contributed by atoms with E-state index in [-0.39, 0.29) is 37.3 Å². The summed E-state index contributed by atoms with van der Waals surface area (Å²) in [6.07, 6.45) is 4.78. The average Bonchev–Trinajstić information content (AvgIpc) is 3.63. The number of carbonyl (C=O) groups is 3. The summed E-state index contributed by atoms with van der Waals surface area (Å²) in [6.45, 7) is 1.01. The van der Waals surface area contributed by atoms with Gasteiger partial charge in [0.1, 0.15) is 6.61 Å². The molecule has 0 aromatic heterocycles. The summed E-state index contributed by atoms with van der Waals surface area (Å²) in [7, 11) is 0. The van der Waals surface area contributed by atoms with Crippen LogP contribution in [0.4, 0.5) is 4.79 Å². The number of alkyl carbamates (subject to hydrolysis) is 1. The molecule has 4 rings (SSSR count). The number of amides is 2. The van der Waals surface area contributed by atoms with Crippen LogP contribution >= 0.6 is 0 Å². The van der Waals surface area contributed by atoms with E-state index in [0.717, 1.165) is 43.2 Å². The molecular formula is C28H34N2O5. The van der Waals surface area contributed by atoms with Crippen molar-refractivity contribution in [1.29, 1.82) is 0 Å². The Bertz CT molecular complexity index is 1000. The number of rotatable bonds is 13. The maximum absolute atomic E-state index is 12.7. The first-order valence-corrected chi connectivity index (χ1v) is 12.6. The third-order valence-electron chi connectivity index (χ3n) is 6.89. The lowest BCUT2D eigenvalue weighted by Gasteiger charge is -2.18. The van der Waals surface area contributed by atoms with E-state index in [1.807, 2.05) is 24.3 Å². The van der Waals surface area contributed by atoms with Gasteiger partial charge in [0.05, 0.1) is 5.92 Å². The Morgan fingerprint density at radius 2 is 1.57 bits per heavy atom. The predicted octanol–water partition coefficient (Wildman–Crippen LogP) is 4.70. The number of unbranched alkanes of at least 4 members (excludes halogenated alkanes) is 2. The fourth-order valence-corrected chi connectivity index (χ4v) is 4.83. The van der Waals surface area contributed by atoms with Crippen molar-refractivity contribution in [2.24, 2.45) is 11.8 Å². The van der Waals surface area contributed by atoms with Crippen LogP contribution in [-0.4, -0.2) is 42.8 Å². The number of hydrogen-bond acceptors (Lipinski definition) is 4. The number of aliphatic carboxylic acids is 1. The quantitative estimate of drug-likeness (QED) is 0.362. The zero-order valence-electron chi connectivity index (χ0n) is 20.0. The molecule has 0 heterocycles. The monoisotopic (exact) mass is 478 g/mol. The second kappa shape index (κ2) is 11.9. The number of benzene rings is 2. The average molecular weight is 479 g/mol. The van der Waals surface area contributed by atoms with Crippen LogP contribution in [0.3, 0.4) is 0 Å². The van der Waals surface area contributed by atoms with Crippen LogP contribution < -0.4 is 10.6 Å². The van der Waals surface area contributed by atoms with E-state index in [2.05, 4.69) is 34.9 Å². The fraction of sp³-hybridized carbons (Fsp3) is 0.464. The summed E-state index contributed by atoms with van der Waals surface area (Å²) < 4.78 is 5.61. The Labute approximate surface area is 206 Å². The van der Waals surface area contributed by atoms with E-state index < -0.39 is 12.1 Å². The SMILES string of the molecule is O=C(O)CCCCCNC(=O)C(CNC(=O)OCC1c2ccccc2-c2ccccc21)CC1CC1. The van der Waals surface area contributed by atoms with E-state index in [1.54, 1.807) is 0 Å². The van der Waals surface area contributed by atoms with Crippen LogP contribution in [0.1, 0.15) is 62.0 Å². The minimum Gasteiger partial charge on any atom is -0.481 e. The van der Waals surface area contributed by atoms with E-state index in [0.29, 0.717) is 18.9 Å². The third-order valence-corrected chi connectivity index (χ3v) is 6.89.